The monoisotopic (exact) mass is 420 g/mol. The van der Waals surface area contributed by atoms with Crippen molar-refractivity contribution >= 4 is 54.8 Å². The first-order valence-electron chi connectivity index (χ1n) is 6.15. The first-order chi connectivity index (χ1) is 9.15. The number of halogens is 3. The van der Waals surface area contributed by atoms with Crippen LogP contribution < -0.4 is 0 Å². The van der Waals surface area contributed by atoms with E-state index >= 15 is 0 Å². The van der Waals surface area contributed by atoms with Crippen molar-refractivity contribution < 1.29 is 0 Å². The van der Waals surface area contributed by atoms with Crippen LogP contribution in [-0.4, -0.2) is 9.97 Å². The van der Waals surface area contributed by atoms with Crippen LogP contribution in [0, 0.1) is 0 Å². The van der Waals surface area contributed by atoms with Gasteiger partial charge in [0, 0.05) is 15.7 Å². The quantitative estimate of drug-likeness (QED) is 0.438. The smallest absolute Gasteiger partial charge is 0.171 e. The molecule has 19 heavy (non-hydrogen) atoms. The molecule has 1 aliphatic carbocycles. The summed E-state index contributed by atoms with van der Waals surface area (Å²) >= 11 is 15.0. The van der Waals surface area contributed by atoms with Crippen molar-refractivity contribution in [3.05, 3.63) is 30.7 Å². The summed E-state index contributed by atoms with van der Waals surface area (Å²) in [7, 11) is 0. The molecular weight excluding hydrogens is 411 g/mol. The van der Waals surface area contributed by atoms with E-state index in [9.17, 15) is 0 Å². The molecule has 2 aromatic rings. The molecule has 2 aromatic heterocycles. The number of fused-ring (bicyclic) bond motifs is 1. The van der Waals surface area contributed by atoms with Crippen molar-refractivity contribution in [1.29, 1.82) is 0 Å². The molecular formula is C13H11Br2ClN2S. The third-order valence-corrected chi connectivity index (χ3v) is 6.81. The van der Waals surface area contributed by atoms with Crippen LogP contribution in [0.2, 0.25) is 5.15 Å². The van der Waals surface area contributed by atoms with E-state index in [0.29, 0.717) is 5.15 Å². The lowest BCUT2D eigenvalue weighted by atomic mass is 10.1. The topological polar surface area (TPSA) is 25.8 Å². The molecule has 0 aliphatic heterocycles. The van der Waals surface area contributed by atoms with Gasteiger partial charge in [-0.3, -0.25) is 0 Å². The predicted molar refractivity (Wildman–Crippen MR) is 87.0 cm³/mol. The fraction of sp³-hybridized carbons (Fsp3) is 0.385. The van der Waals surface area contributed by atoms with Crippen LogP contribution in [0.25, 0.3) is 10.7 Å². The highest BCUT2D eigenvalue weighted by Crippen LogP contribution is 2.38. The van der Waals surface area contributed by atoms with Crippen molar-refractivity contribution in [2.75, 3.05) is 0 Å². The van der Waals surface area contributed by atoms with Gasteiger partial charge in [0.25, 0.3) is 0 Å². The van der Waals surface area contributed by atoms with E-state index < -0.39 is 0 Å². The van der Waals surface area contributed by atoms with Crippen LogP contribution in [-0.2, 0) is 12.8 Å². The maximum Gasteiger partial charge on any atom is 0.171 e. The molecule has 0 radical (unpaired) electrons. The second-order valence-electron chi connectivity index (χ2n) is 4.56. The van der Waals surface area contributed by atoms with Gasteiger partial charge in [0.1, 0.15) is 5.15 Å². The Balaban J connectivity index is 2.08. The molecule has 0 amide bonds. The minimum atomic E-state index is 0.627. The van der Waals surface area contributed by atoms with E-state index in [0.717, 1.165) is 43.1 Å². The first kappa shape index (κ1) is 14.0. The lowest BCUT2D eigenvalue weighted by Gasteiger charge is -2.08. The van der Waals surface area contributed by atoms with Gasteiger partial charge in [-0.2, -0.15) is 0 Å². The van der Waals surface area contributed by atoms with Gasteiger partial charge in [-0.1, -0.05) is 18.0 Å². The Morgan fingerprint density at radius 2 is 1.89 bits per heavy atom. The van der Waals surface area contributed by atoms with Gasteiger partial charge in [0.15, 0.2) is 5.82 Å². The highest BCUT2D eigenvalue weighted by molar-refractivity contribution is 9.13. The van der Waals surface area contributed by atoms with E-state index in [1.54, 1.807) is 11.3 Å². The van der Waals surface area contributed by atoms with E-state index in [-0.39, 0.29) is 0 Å². The van der Waals surface area contributed by atoms with E-state index in [1.807, 2.05) is 6.07 Å². The average molecular weight is 423 g/mol. The second-order valence-corrected chi connectivity index (χ2v) is 8.14. The minimum absolute atomic E-state index is 0.627. The first-order valence-corrected chi connectivity index (χ1v) is 8.93. The summed E-state index contributed by atoms with van der Waals surface area (Å²) in [5, 5.41) is 0.627. The van der Waals surface area contributed by atoms with Crippen molar-refractivity contribution in [2.24, 2.45) is 0 Å². The lowest BCUT2D eigenvalue weighted by Crippen LogP contribution is -2.01. The van der Waals surface area contributed by atoms with Crippen molar-refractivity contribution in [3.63, 3.8) is 0 Å². The third-order valence-electron chi connectivity index (χ3n) is 3.25. The average Bonchev–Trinajstić information content (AvgIpc) is 2.61. The van der Waals surface area contributed by atoms with Gasteiger partial charge in [-0.25, -0.2) is 9.97 Å². The van der Waals surface area contributed by atoms with Gasteiger partial charge >= 0.3 is 0 Å². The third kappa shape index (κ3) is 2.89. The molecule has 2 heterocycles. The maximum atomic E-state index is 6.35. The van der Waals surface area contributed by atoms with E-state index in [1.165, 1.54) is 19.3 Å². The largest absolute Gasteiger partial charge is 0.232 e. The molecule has 6 heteroatoms. The number of thiophene rings is 1. The number of hydrogen-bond donors (Lipinski definition) is 0. The van der Waals surface area contributed by atoms with Crippen molar-refractivity contribution in [1.82, 2.24) is 9.97 Å². The van der Waals surface area contributed by atoms with Crippen LogP contribution in [0.4, 0.5) is 0 Å². The lowest BCUT2D eigenvalue weighted by molar-refractivity contribution is 0.709. The van der Waals surface area contributed by atoms with Crippen LogP contribution >= 0.6 is 54.8 Å². The summed E-state index contributed by atoms with van der Waals surface area (Å²) in [6, 6.07) is 2.03. The van der Waals surface area contributed by atoms with Crippen LogP contribution in [0.3, 0.4) is 0 Å². The molecule has 3 rings (SSSR count). The number of rotatable bonds is 1. The fourth-order valence-electron chi connectivity index (χ4n) is 2.29. The van der Waals surface area contributed by atoms with Gasteiger partial charge in [-0.15, -0.1) is 11.3 Å². The molecule has 0 unspecified atom stereocenters. The molecule has 0 atom stereocenters. The SMILES string of the molecule is Clc1nc(-c2cc(Br)c(Br)s2)nc2c1CCCCC2. The Morgan fingerprint density at radius 3 is 2.63 bits per heavy atom. The number of nitrogens with zero attached hydrogens (tertiary/aromatic N) is 2. The predicted octanol–water partition coefficient (Wildman–Crippen LogP) is 5.65. The molecule has 0 spiro atoms. The Labute approximate surface area is 137 Å². The zero-order valence-electron chi connectivity index (χ0n) is 10.0. The molecule has 0 N–H and O–H groups in total. The standard InChI is InChI=1S/C13H11Br2ClN2S/c14-8-6-10(19-11(8)15)13-17-9-5-3-1-2-4-7(9)12(16)18-13/h6H,1-5H2. The summed E-state index contributed by atoms with van der Waals surface area (Å²) in [5.41, 5.74) is 2.28. The highest BCUT2D eigenvalue weighted by atomic mass is 79.9. The Hall–Kier alpha value is 0.0300. The van der Waals surface area contributed by atoms with Crippen molar-refractivity contribution in [3.8, 4) is 10.7 Å². The molecule has 2 nitrogen and oxygen atoms in total. The van der Waals surface area contributed by atoms with E-state index in [4.69, 9.17) is 16.6 Å². The normalized spacial score (nSPS) is 15.1. The van der Waals surface area contributed by atoms with E-state index in [2.05, 4.69) is 36.8 Å². The number of aromatic nitrogens is 2. The summed E-state index contributed by atoms with van der Waals surface area (Å²) in [5.74, 6) is 0.738. The zero-order chi connectivity index (χ0) is 13.4. The summed E-state index contributed by atoms with van der Waals surface area (Å²) in [4.78, 5) is 10.2. The van der Waals surface area contributed by atoms with Crippen LogP contribution in [0.1, 0.15) is 30.5 Å². The van der Waals surface area contributed by atoms with Gasteiger partial charge < -0.3 is 0 Å². The molecule has 0 fully saturated rings. The molecule has 0 saturated carbocycles. The van der Waals surface area contributed by atoms with Crippen molar-refractivity contribution in [2.45, 2.75) is 32.1 Å². The summed E-state index contributed by atoms with van der Waals surface area (Å²) in [6.07, 6.45) is 5.64. The summed E-state index contributed by atoms with van der Waals surface area (Å²) < 4.78 is 2.08. The van der Waals surface area contributed by atoms with Crippen LogP contribution in [0.15, 0.2) is 14.3 Å². The Kier molecular flexibility index (Phi) is 4.27. The molecule has 1 aliphatic rings. The highest BCUT2D eigenvalue weighted by Gasteiger charge is 2.17. The second kappa shape index (κ2) is 5.80. The van der Waals surface area contributed by atoms with Gasteiger partial charge in [-0.05, 0) is 63.6 Å². The van der Waals surface area contributed by atoms with Gasteiger partial charge in [0.2, 0.25) is 0 Å². The number of aryl methyl sites for hydroxylation is 1. The Morgan fingerprint density at radius 1 is 1.11 bits per heavy atom. The maximum absolute atomic E-state index is 6.35. The number of hydrogen-bond acceptors (Lipinski definition) is 3. The Bertz CT molecular complexity index is 608. The van der Waals surface area contributed by atoms with Crippen LogP contribution in [0.5, 0.6) is 0 Å². The zero-order valence-corrected chi connectivity index (χ0v) is 14.8. The summed E-state index contributed by atoms with van der Waals surface area (Å²) in [6.45, 7) is 0. The molecule has 0 bridgehead atoms. The molecule has 100 valence electrons. The van der Waals surface area contributed by atoms with Gasteiger partial charge in [0.05, 0.1) is 8.66 Å². The minimum Gasteiger partial charge on any atom is -0.232 e. The molecule has 0 saturated heterocycles. The molecule has 0 aromatic carbocycles. The fourth-order valence-corrected chi connectivity index (χ4v) is 4.55.